The van der Waals surface area contributed by atoms with Crippen molar-refractivity contribution in [1.29, 1.82) is 0 Å². The number of aromatic nitrogens is 1. The van der Waals surface area contributed by atoms with Crippen molar-refractivity contribution in [3.63, 3.8) is 0 Å². The van der Waals surface area contributed by atoms with Gasteiger partial charge in [-0.2, -0.15) is 0 Å². The van der Waals surface area contributed by atoms with Gasteiger partial charge in [-0.25, -0.2) is 14.2 Å². The number of carboxylic acid groups (broad SMARTS) is 1. The van der Waals surface area contributed by atoms with Crippen LogP contribution in [0, 0.1) is 5.82 Å². The van der Waals surface area contributed by atoms with Crippen molar-refractivity contribution in [2.45, 2.75) is 0 Å². The van der Waals surface area contributed by atoms with Crippen molar-refractivity contribution in [2.24, 2.45) is 0 Å². The lowest BCUT2D eigenvalue weighted by atomic mass is 10.0. The number of nitrogens with zero attached hydrogens (tertiary/aromatic N) is 1. The lowest BCUT2D eigenvalue weighted by Crippen LogP contribution is -1.98. The van der Waals surface area contributed by atoms with Gasteiger partial charge in [0.25, 0.3) is 0 Å². The van der Waals surface area contributed by atoms with Crippen LogP contribution in [0.15, 0.2) is 36.5 Å². The molecule has 0 unspecified atom stereocenters. The summed E-state index contributed by atoms with van der Waals surface area (Å²) in [5.74, 6) is -1.48. The molecule has 0 radical (unpaired) electrons. The molecule has 0 saturated carbocycles. The van der Waals surface area contributed by atoms with E-state index in [0.29, 0.717) is 17.0 Å². The highest BCUT2D eigenvalue weighted by Crippen LogP contribution is 2.28. The number of ether oxygens (including phenoxy) is 1. The molecule has 92 valence electrons. The number of carbonyl (C=O) groups is 1. The third kappa shape index (κ3) is 2.29. The number of hydrogen-bond acceptors (Lipinski definition) is 3. The van der Waals surface area contributed by atoms with Crippen LogP contribution < -0.4 is 4.74 Å². The Labute approximate surface area is 103 Å². The SMILES string of the molecule is COc1ncccc1-c1cc(F)cc(C(=O)O)c1. The minimum absolute atomic E-state index is 0.115. The maximum atomic E-state index is 13.4. The molecule has 0 saturated heterocycles. The second-order valence-electron chi connectivity index (χ2n) is 3.59. The first-order valence-electron chi connectivity index (χ1n) is 5.15. The van der Waals surface area contributed by atoms with Crippen molar-refractivity contribution in [1.82, 2.24) is 4.98 Å². The van der Waals surface area contributed by atoms with Crippen LogP contribution >= 0.6 is 0 Å². The first kappa shape index (κ1) is 12.0. The third-order valence-electron chi connectivity index (χ3n) is 2.42. The molecule has 2 aromatic rings. The molecule has 0 aliphatic carbocycles. The molecule has 18 heavy (non-hydrogen) atoms. The van der Waals surface area contributed by atoms with Crippen LogP contribution in [0.5, 0.6) is 5.88 Å². The lowest BCUT2D eigenvalue weighted by Gasteiger charge is -2.08. The van der Waals surface area contributed by atoms with Gasteiger partial charge in [0.05, 0.1) is 12.7 Å². The number of benzene rings is 1. The highest BCUT2D eigenvalue weighted by molar-refractivity contribution is 5.89. The van der Waals surface area contributed by atoms with Gasteiger partial charge in [0.15, 0.2) is 0 Å². The summed E-state index contributed by atoms with van der Waals surface area (Å²) in [5.41, 5.74) is 0.843. The average Bonchev–Trinajstić information content (AvgIpc) is 2.38. The van der Waals surface area contributed by atoms with Crippen molar-refractivity contribution < 1.29 is 19.0 Å². The Morgan fingerprint density at radius 2 is 2.17 bits per heavy atom. The summed E-state index contributed by atoms with van der Waals surface area (Å²) in [6.45, 7) is 0. The molecule has 4 nitrogen and oxygen atoms in total. The van der Waals surface area contributed by atoms with Gasteiger partial charge in [0.1, 0.15) is 5.82 Å². The number of halogens is 1. The second kappa shape index (κ2) is 4.83. The Balaban J connectivity index is 2.60. The smallest absolute Gasteiger partial charge is 0.335 e. The van der Waals surface area contributed by atoms with Gasteiger partial charge in [-0.3, -0.25) is 0 Å². The molecule has 0 atom stereocenters. The average molecular weight is 247 g/mol. The molecule has 0 amide bonds. The van der Waals surface area contributed by atoms with E-state index in [-0.39, 0.29) is 5.56 Å². The minimum Gasteiger partial charge on any atom is -0.481 e. The van der Waals surface area contributed by atoms with Crippen LogP contribution in [0.1, 0.15) is 10.4 Å². The molecule has 0 bridgehead atoms. The van der Waals surface area contributed by atoms with E-state index in [1.54, 1.807) is 18.3 Å². The second-order valence-corrected chi connectivity index (χ2v) is 3.59. The van der Waals surface area contributed by atoms with E-state index in [9.17, 15) is 9.18 Å². The monoisotopic (exact) mass is 247 g/mol. The molecular formula is C13H10FNO3. The number of hydrogen-bond donors (Lipinski definition) is 1. The molecule has 0 spiro atoms. The number of rotatable bonds is 3. The van der Waals surface area contributed by atoms with Gasteiger partial charge in [-0.1, -0.05) is 0 Å². The van der Waals surface area contributed by atoms with Gasteiger partial charge in [-0.15, -0.1) is 0 Å². The normalized spacial score (nSPS) is 10.1. The Hall–Kier alpha value is -2.43. The van der Waals surface area contributed by atoms with E-state index < -0.39 is 11.8 Å². The zero-order chi connectivity index (χ0) is 13.1. The number of methoxy groups -OCH3 is 1. The van der Waals surface area contributed by atoms with E-state index in [4.69, 9.17) is 9.84 Å². The Kier molecular flexibility index (Phi) is 3.23. The van der Waals surface area contributed by atoms with Crippen molar-refractivity contribution in [3.8, 4) is 17.0 Å². The molecule has 1 N–H and O–H groups in total. The van der Waals surface area contributed by atoms with Crippen LogP contribution in [-0.4, -0.2) is 23.2 Å². The fourth-order valence-corrected chi connectivity index (χ4v) is 1.64. The molecular weight excluding hydrogens is 237 g/mol. The molecule has 0 fully saturated rings. The molecule has 0 aliphatic rings. The maximum absolute atomic E-state index is 13.4. The molecule has 2 rings (SSSR count). The zero-order valence-corrected chi connectivity index (χ0v) is 9.55. The minimum atomic E-state index is -1.18. The number of carboxylic acids is 1. The van der Waals surface area contributed by atoms with Crippen LogP contribution in [0.4, 0.5) is 4.39 Å². The van der Waals surface area contributed by atoms with E-state index in [0.717, 1.165) is 6.07 Å². The topological polar surface area (TPSA) is 59.4 Å². The lowest BCUT2D eigenvalue weighted by molar-refractivity contribution is 0.0696. The summed E-state index contributed by atoms with van der Waals surface area (Å²) in [6.07, 6.45) is 1.54. The number of aromatic carboxylic acids is 1. The summed E-state index contributed by atoms with van der Waals surface area (Å²) < 4.78 is 18.4. The maximum Gasteiger partial charge on any atom is 0.335 e. The fourth-order valence-electron chi connectivity index (χ4n) is 1.64. The summed E-state index contributed by atoms with van der Waals surface area (Å²) >= 11 is 0. The third-order valence-corrected chi connectivity index (χ3v) is 2.42. The van der Waals surface area contributed by atoms with Gasteiger partial charge < -0.3 is 9.84 Å². The summed E-state index contributed by atoms with van der Waals surface area (Å²) in [4.78, 5) is 14.9. The molecule has 1 aromatic carbocycles. The first-order chi connectivity index (χ1) is 8.61. The summed E-state index contributed by atoms with van der Waals surface area (Å²) in [5, 5.41) is 8.89. The predicted molar refractivity (Wildman–Crippen MR) is 63.1 cm³/mol. The fraction of sp³-hybridized carbons (Fsp3) is 0.0769. The van der Waals surface area contributed by atoms with Crippen molar-refractivity contribution >= 4 is 5.97 Å². The van der Waals surface area contributed by atoms with Gasteiger partial charge in [-0.05, 0) is 35.9 Å². The Morgan fingerprint density at radius 1 is 1.39 bits per heavy atom. The summed E-state index contributed by atoms with van der Waals surface area (Å²) in [6, 6.07) is 6.95. The van der Waals surface area contributed by atoms with Crippen molar-refractivity contribution in [2.75, 3.05) is 7.11 Å². The van der Waals surface area contributed by atoms with E-state index in [1.807, 2.05) is 0 Å². The van der Waals surface area contributed by atoms with Gasteiger partial charge in [0.2, 0.25) is 5.88 Å². The van der Waals surface area contributed by atoms with Gasteiger partial charge in [0, 0.05) is 11.8 Å². The van der Waals surface area contributed by atoms with Crippen molar-refractivity contribution in [3.05, 3.63) is 47.9 Å². The first-order valence-corrected chi connectivity index (χ1v) is 5.15. The molecule has 5 heteroatoms. The van der Waals surface area contributed by atoms with Crippen LogP contribution in [0.2, 0.25) is 0 Å². The predicted octanol–water partition coefficient (Wildman–Crippen LogP) is 2.59. The quantitative estimate of drug-likeness (QED) is 0.905. The van der Waals surface area contributed by atoms with Crippen LogP contribution in [0.3, 0.4) is 0 Å². The van der Waals surface area contributed by atoms with Crippen LogP contribution in [-0.2, 0) is 0 Å². The summed E-state index contributed by atoms with van der Waals surface area (Å²) in [7, 11) is 1.45. The molecule has 1 heterocycles. The van der Waals surface area contributed by atoms with E-state index in [2.05, 4.69) is 4.98 Å². The molecule has 1 aromatic heterocycles. The molecule has 0 aliphatic heterocycles. The van der Waals surface area contributed by atoms with Crippen LogP contribution in [0.25, 0.3) is 11.1 Å². The van der Waals surface area contributed by atoms with E-state index in [1.165, 1.54) is 19.2 Å². The van der Waals surface area contributed by atoms with Gasteiger partial charge >= 0.3 is 5.97 Å². The number of pyridine rings is 1. The van der Waals surface area contributed by atoms with E-state index >= 15 is 0 Å². The Morgan fingerprint density at radius 3 is 2.83 bits per heavy atom. The zero-order valence-electron chi connectivity index (χ0n) is 9.55. The highest BCUT2D eigenvalue weighted by atomic mass is 19.1. The Bertz CT molecular complexity index is 599. The highest BCUT2D eigenvalue weighted by Gasteiger charge is 2.11. The largest absolute Gasteiger partial charge is 0.481 e. The standard InChI is InChI=1S/C13H10FNO3/c1-18-12-11(3-2-4-15-12)8-5-9(13(16)17)7-10(14)6-8/h2-7H,1H3,(H,16,17).